The standard InChI is InChI=1S/C14H16N2O5/c1-2-4-12(14(18)19)15-13(17)8-7-10-5-3-6-11(9-10)16(20)21/h3,5-9,12H,2,4H2,1H3,(H,15,17)(H,18,19)/b8-7+. The zero-order chi connectivity index (χ0) is 15.8. The van der Waals surface area contributed by atoms with E-state index in [1.807, 2.05) is 6.92 Å². The molecular weight excluding hydrogens is 276 g/mol. The third kappa shape index (κ3) is 5.43. The molecule has 0 aromatic heterocycles. The maximum atomic E-state index is 11.6. The number of carbonyl (C=O) groups excluding carboxylic acids is 1. The van der Waals surface area contributed by atoms with Gasteiger partial charge in [0, 0.05) is 18.2 Å². The highest BCUT2D eigenvalue weighted by molar-refractivity contribution is 5.94. The number of amides is 1. The number of carbonyl (C=O) groups is 2. The molecule has 1 unspecified atom stereocenters. The fraction of sp³-hybridized carbons (Fsp3) is 0.286. The van der Waals surface area contributed by atoms with Crippen molar-refractivity contribution in [2.45, 2.75) is 25.8 Å². The van der Waals surface area contributed by atoms with Crippen LogP contribution >= 0.6 is 0 Å². The number of rotatable bonds is 7. The smallest absolute Gasteiger partial charge is 0.326 e. The van der Waals surface area contributed by atoms with E-state index in [0.29, 0.717) is 18.4 Å². The van der Waals surface area contributed by atoms with Crippen LogP contribution in [0, 0.1) is 10.1 Å². The number of nitro benzene ring substituents is 1. The quantitative estimate of drug-likeness (QED) is 0.453. The first-order valence-electron chi connectivity index (χ1n) is 6.40. The summed E-state index contributed by atoms with van der Waals surface area (Å²) in [7, 11) is 0. The van der Waals surface area contributed by atoms with E-state index < -0.39 is 22.8 Å². The summed E-state index contributed by atoms with van der Waals surface area (Å²) < 4.78 is 0. The summed E-state index contributed by atoms with van der Waals surface area (Å²) >= 11 is 0. The van der Waals surface area contributed by atoms with Crippen LogP contribution in [0.1, 0.15) is 25.3 Å². The van der Waals surface area contributed by atoms with E-state index in [0.717, 1.165) is 6.08 Å². The summed E-state index contributed by atoms with van der Waals surface area (Å²) in [5.41, 5.74) is 0.411. The highest BCUT2D eigenvalue weighted by Gasteiger charge is 2.17. The molecule has 1 aromatic carbocycles. The fourth-order valence-electron chi connectivity index (χ4n) is 1.68. The van der Waals surface area contributed by atoms with Crippen LogP contribution in [0.25, 0.3) is 6.08 Å². The summed E-state index contributed by atoms with van der Waals surface area (Å²) in [6, 6.07) is 4.85. The van der Waals surface area contributed by atoms with Gasteiger partial charge in [-0.1, -0.05) is 25.5 Å². The minimum Gasteiger partial charge on any atom is -0.480 e. The van der Waals surface area contributed by atoms with Crippen molar-refractivity contribution in [1.29, 1.82) is 0 Å². The van der Waals surface area contributed by atoms with Gasteiger partial charge in [-0.3, -0.25) is 14.9 Å². The highest BCUT2D eigenvalue weighted by atomic mass is 16.6. The Morgan fingerprint density at radius 2 is 2.19 bits per heavy atom. The lowest BCUT2D eigenvalue weighted by Gasteiger charge is -2.11. The number of non-ortho nitro benzene ring substituents is 1. The molecule has 0 spiro atoms. The van der Waals surface area contributed by atoms with Crippen molar-refractivity contribution in [3.05, 3.63) is 46.0 Å². The Morgan fingerprint density at radius 1 is 1.48 bits per heavy atom. The molecular formula is C14H16N2O5. The molecule has 112 valence electrons. The van der Waals surface area contributed by atoms with Gasteiger partial charge in [0.1, 0.15) is 6.04 Å². The van der Waals surface area contributed by atoms with Gasteiger partial charge in [0.15, 0.2) is 0 Å². The first kappa shape index (κ1) is 16.4. The summed E-state index contributed by atoms with van der Waals surface area (Å²) in [6.07, 6.45) is 3.52. The van der Waals surface area contributed by atoms with Crippen LogP contribution in [0.3, 0.4) is 0 Å². The topological polar surface area (TPSA) is 110 Å². The molecule has 1 amide bonds. The summed E-state index contributed by atoms with van der Waals surface area (Å²) in [4.78, 5) is 32.6. The zero-order valence-corrected chi connectivity index (χ0v) is 11.5. The third-order valence-corrected chi connectivity index (χ3v) is 2.70. The minimum atomic E-state index is -1.09. The molecule has 0 heterocycles. The first-order valence-corrected chi connectivity index (χ1v) is 6.40. The van der Waals surface area contributed by atoms with Gasteiger partial charge in [-0.15, -0.1) is 0 Å². The second kappa shape index (κ2) is 7.78. The molecule has 0 saturated carbocycles. The number of nitro groups is 1. The molecule has 7 nitrogen and oxygen atoms in total. The molecule has 0 radical (unpaired) electrons. The number of carboxylic acids is 1. The van der Waals surface area contributed by atoms with Crippen molar-refractivity contribution in [2.24, 2.45) is 0 Å². The number of benzene rings is 1. The van der Waals surface area contributed by atoms with Crippen molar-refractivity contribution < 1.29 is 19.6 Å². The Morgan fingerprint density at radius 3 is 2.76 bits per heavy atom. The van der Waals surface area contributed by atoms with Crippen molar-refractivity contribution >= 4 is 23.6 Å². The minimum absolute atomic E-state index is 0.0769. The van der Waals surface area contributed by atoms with Gasteiger partial charge in [-0.2, -0.15) is 0 Å². The van der Waals surface area contributed by atoms with E-state index in [9.17, 15) is 19.7 Å². The lowest BCUT2D eigenvalue weighted by atomic mass is 10.1. The van der Waals surface area contributed by atoms with E-state index in [-0.39, 0.29) is 5.69 Å². The largest absolute Gasteiger partial charge is 0.480 e. The molecule has 0 aliphatic rings. The monoisotopic (exact) mass is 292 g/mol. The Hall–Kier alpha value is -2.70. The van der Waals surface area contributed by atoms with Gasteiger partial charge < -0.3 is 10.4 Å². The van der Waals surface area contributed by atoms with Gasteiger partial charge >= 0.3 is 5.97 Å². The zero-order valence-electron chi connectivity index (χ0n) is 11.5. The number of carboxylic acid groups (broad SMARTS) is 1. The fourth-order valence-corrected chi connectivity index (χ4v) is 1.68. The Balaban J connectivity index is 2.71. The maximum Gasteiger partial charge on any atom is 0.326 e. The van der Waals surface area contributed by atoms with E-state index >= 15 is 0 Å². The average molecular weight is 292 g/mol. The van der Waals surface area contributed by atoms with Gasteiger partial charge in [0.25, 0.3) is 5.69 Å². The van der Waals surface area contributed by atoms with Crippen molar-refractivity contribution in [3.63, 3.8) is 0 Å². The lowest BCUT2D eigenvalue weighted by molar-refractivity contribution is -0.384. The third-order valence-electron chi connectivity index (χ3n) is 2.70. The number of hydrogen-bond acceptors (Lipinski definition) is 4. The van der Waals surface area contributed by atoms with Gasteiger partial charge in [-0.25, -0.2) is 4.79 Å². The van der Waals surface area contributed by atoms with Crippen LogP contribution in [-0.2, 0) is 9.59 Å². The predicted molar refractivity (Wildman–Crippen MR) is 76.6 cm³/mol. The van der Waals surface area contributed by atoms with Gasteiger partial charge in [-0.05, 0) is 18.1 Å². The van der Waals surface area contributed by atoms with Crippen LogP contribution < -0.4 is 5.32 Å². The normalized spacial score (nSPS) is 12.0. The van der Waals surface area contributed by atoms with Gasteiger partial charge in [0.2, 0.25) is 5.91 Å². The molecule has 0 fully saturated rings. The van der Waals surface area contributed by atoms with Crippen LogP contribution in [0.5, 0.6) is 0 Å². The second-order valence-electron chi connectivity index (χ2n) is 4.37. The number of hydrogen-bond donors (Lipinski definition) is 2. The Bertz CT molecular complexity index is 568. The molecule has 1 rings (SSSR count). The lowest BCUT2D eigenvalue weighted by Crippen LogP contribution is -2.39. The van der Waals surface area contributed by atoms with Crippen LogP contribution in [-0.4, -0.2) is 27.9 Å². The first-order chi connectivity index (χ1) is 9.93. The van der Waals surface area contributed by atoms with Crippen molar-refractivity contribution in [2.75, 3.05) is 0 Å². The number of nitrogens with one attached hydrogen (secondary N) is 1. The van der Waals surface area contributed by atoms with Crippen LogP contribution in [0.2, 0.25) is 0 Å². The van der Waals surface area contributed by atoms with Crippen LogP contribution in [0.4, 0.5) is 5.69 Å². The molecule has 7 heteroatoms. The summed E-state index contributed by atoms with van der Waals surface area (Å²) in [5.74, 6) is -1.64. The molecule has 1 aromatic rings. The molecule has 2 N–H and O–H groups in total. The Kier molecular flexibility index (Phi) is 6.06. The average Bonchev–Trinajstić information content (AvgIpc) is 2.45. The number of nitrogens with zero attached hydrogens (tertiary/aromatic N) is 1. The number of aliphatic carboxylic acids is 1. The van der Waals surface area contributed by atoms with E-state index in [1.54, 1.807) is 6.07 Å². The summed E-state index contributed by atoms with van der Waals surface area (Å²) in [6.45, 7) is 1.82. The second-order valence-corrected chi connectivity index (χ2v) is 4.37. The van der Waals surface area contributed by atoms with Crippen LogP contribution in [0.15, 0.2) is 30.3 Å². The van der Waals surface area contributed by atoms with E-state index in [4.69, 9.17) is 5.11 Å². The van der Waals surface area contributed by atoms with Crippen molar-refractivity contribution in [3.8, 4) is 0 Å². The van der Waals surface area contributed by atoms with Gasteiger partial charge in [0.05, 0.1) is 4.92 Å². The summed E-state index contributed by atoms with van der Waals surface area (Å²) in [5, 5.41) is 21.9. The molecule has 0 bridgehead atoms. The molecule has 21 heavy (non-hydrogen) atoms. The highest BCUT2D eigenvalue weighted by Crippen LogP contribution is 2.14. The van der Waals surface area contributed by atoms with E-state index in [1.165, 1.54) is 24.3 Å². The molecule has 1 atom stereocenters. The Labute approximate surface area is 121 Å². The van der Waals surface area contributed by atoms with E-state index in [2.05, 4.69) is 5.32 Å². The SMILES string of the molecule is CCCC(NC(=O)/C=C/c1cccc([N+](=O)[O-])c1)C(=O)O. The maximum absolute atomic E-state index is 11.6. The molecule has 0 aliphatic carbocycles. The van der Waals surface area contributed by atoms with Crippen molar-refractivity contribution in [1.82, 2.24) is 5.32 Å². The molecule has 0 saturated heterocycles. The molecule has 0 aliphatic heterocycles. The predicted octanol–water partition coefficient (Wildman–Crippen LogP) is 1.98.